The van der Waals surface area contributed by atoms with Crippen LogP contribution in [0.25, 0.3) is 10.9 Å². The van der Waals surface area contributed by atoms with E-state index >= 15 is 0 Å². The fraction of sp³-hybridized carbons (Fsp3) is 0. The highest BCUT2D eigenvalue weighted by atomic mass is 19.1. The molecule has 0 aliphatic rings. The Balaban J connectivity index is 2.75. The van der Waals surface area contributed by atoms with Crippen LogP contribution in [0.15, 0.2) is 30.5 Å². The maximum absolute atomic E-state index is 13.6. The predicted molar refractivity (Wildman–Crippen MR) is 51.5 cm³/mol. The van der Waals surface area contributed by atoms with E-state index in [1.165, 1.54) is 0 Å². The van der Waals surface area contributed by atoms with Gasteiger partial charge in [-0.2, -0.15) is 0 Å². The highest BCUT2D eigenvalue weighted by molar-refractivity contribution is 6.58. The maximum atomic E-state index is 13.6. The van der Waals surface area contributed by atoms with Crippen LogP contribution in [0.4, 0.5) is 4.39 Å². The summed E-state index contributed by atoms with van der Waals surface area (Å²) in [6.07, 6.45) is 1.13. The van der Waals surface area contributed by atoms with Crippen molar-refractivity contribution >= 4 is 23.5 Å². The van der Waals surface area contributed by atoms with Crippen LogP contribution in [0.5, 0.6) is 0 Å². The Kier molecular flexibility index (Phi) is 2.19. The van der Waals surface area contributed by atoms with Gasteiger partial charge >= 0.3 is 7.12 Å². The Bertz CT molecular complexity index is 475. The first-order valence-corrected chi connectivity index (χ1v) is 4.09. The van der Waals surface area contributed by atoms with Gasteiger partial charge in [-0.15, -0.1) is 0 Å². The van der Waals surface area contributed by atoms with Gasteiger partial charge in [0.2, 0.25) is 0 Å². The van der Waals surface area contributed by atoms with Crippen molar-refractivity contribution in [3.8, 4) is 0 Å². The van der Waals surface area contributed by atoms with Gasteiger partial charge in [-0.3, -0.25) is 4.98 Å². The molecule has 3 nitrogen and oxygen atoms in total. The number of para-hydroxylation sites is 1. The van der Waals surface area contributed by atoms with Crippen molar-refractivity contribution in [2.24, 2.45) is 0 Å². The summed E-state index contributed by atoms with van der Waals surface area (Å²) in [6.45, 7) is 0. The average Bonchev–Trinajstić information content (AvgIpc) is 2.18. The van der Waals surface area contributed by atoms with Gasteiger partial charge in [-0.25, -0.2) is 4.39 Å². The molecule has 2 aromatic rings. The predicted octanol–water partition coefficient (Wildman–Crippen LogP) is 0.0537. The normalized spacial score (nSPS) is 10.5. The second-order valence-electron chi connectivity index (χ2n) is 2.92. The molecule has 0 aliphatic carbocycles. The van der Waals surface area contributed by atoms with Gasteiger partial charge in [0, 0.05) is 17.0 Å². The summed E-state index contributed by atoms with van der Waals surface area (Å²) in [4.78, 5) is 3.90. The molecule has 5 heteroatoms. The van der Waals surface area contributed by atoms with E-state index in [1.54, 1.807) is 24.3 Å². The van der Waals surface area contributed by atoms with Crippen molar-refractivity contribution in [2.45, 2.75) is 0 Å². The Labute approximate surface area is 80.0 Å². The molecule has 0 bridgehead atoms. The number of fused-ring (bicyclic) bond motifs is 1. The molecule has 0 aliphatic heterocycles. The molecule has 0 saturated carbocycles. The summed E-state index contributed by atoms with van der Waals surface area (Å²) in [6, 6.07) is 6.61. The van der Waals surface area contributed by atoms with E-state index < -0.39 is 12.9 Å². The van der Waals surface area contributed by atoms with Crippen LogP contribution in [0.3, 0.4) is 0 Å². The van der Waals surface area contributed by atoms with Gasteiger partial charge < -0.3 is 10.0 Å². The Morgan fingerprint density at radius 1 is 1.21 bits per heavy atom. The molecule has 70 valence electrons. The zero-order valence-electron chi connectivity index (χ0n) is 7.18. The van der Waals surface area contributed by atoms with Crippen molar-refractivity contribution in [1.82, 2.24) is 4.98 Å². The van der Waals surface area contributed by atoms with Gasteiger partial charge in [0.15, 0.2) is 0 Å². The average molecular weight is 191 g/mol. The quantitative estimate of drug-likeness (QED) is 0.626. The van der Waals surface area contributed by atoms with Gasteiger partial charge in [-0.05, 0) is 12.1 Å². The highest BCUT2D eigenvalue weighted by Crippen LogP contribution is 2.12. The highest BCUT2D eigenvalue weighted by Gasteiger charge is 2.18. The zero-order chi connectivity index (χ0) is 10.1. The van der Waals surface area contributed by atoms with Gasteiger partial charge in [0.1, 0.15) is 5.82 Å². The molecule has 0 fully saturated rings. The standard InChI is InChI=1S/C9H7BFNO2/c11-9-6-3-1-2-4-8(6)12-5-7(9)10(13)14/h1-5,13-14H. The number of benzene rings is 1. The monoisotopic (exact) mass is 191 g/mol. The van der Waals surface area contributed by atoms with E-state index in [9.17, 15) is 4.39 Å². The van der Waals surface area contributed by atoms with Crippen LogP contribution in [0.2, 0.25) is 0 Å². The third-order valence-electron chi connectivity index (χ3n) is 2.01. The summed E-state index contributed by atoms with van der Waals surface area (Å²) in [5, 5.41) is 18.0. The van der Waals surface area contributed by atoms with E-state index in [0.29, 0.717) is 5.52 Å². The van der Waals surface area contributed by atoms with Crippen LogP contribution in [0.1, 0.15) is 0 Å². The lowest BCUT2D eigenvalue weighted by Crippen LogP contribution is -2.33. The number of hydrogen-bond donors (Lipinski definition) is 2. The largest absolute Gasteiger partial charge is 0.493 e. The second kappa shape index (κ2) is 3.36. The van der Waals surface area contributed by atoms with Gasteiger partial charge in [-0.1, -0.05) is 12.1 Å². The van der Waals surface area contributed by atoms with Crippen LogP contribution < -0.4 is 5.46 Å². The summed E-state index contributed by atoms with van der Waals surface area (Å²) >= 11 is 0. The molecule has 1 heterocycles. The summed E-state index contributed by atoms with van der Waals surface area (Å²) in [5.74, 6) is -0.634. The van der Waals surface area contributed by atoms with E-state index in [2.05, 4.69) is 4.98 Å². The fourth-order valence-corrected chi connectivity index (χ4v) is 1.30. The first-order chi connectivity index (χ1) is 6.70. The van der Waals surface area contributed by atoms with E-state index in [1.807, 2.05) is 0 Å². The van der Waals surface area contributed by atoms with Crippen molar-refractivity contribution in [3.05, 3.63) is 36.3 Å². The van der Waals surface area contributed by atoms with Gasteiger partial charge in [0.25, 0.3) is 0 Å². The van der Waals surface area contributed by atoms with Crippen LogP contribution in [-0.2, 0) is 0 Å². The fourth-order valence-electron chi connectivity index (χ4n) is 1.30. The number of aromatic nitrogens is 1. The molecule has 0 amide bonds. The minimum Gasteiger partial charge on any atom is -0.423 e. The Morgan fingerprint density at radius 2 is 1.93 bits per heavy atom. The van der Waals surface area contributed by atoms with Crippen molar-refractivity contribution < 1.29 is 14.4 Å². The summed E-state index contributed by atoms with van der Waals surface area (Å²) in [5.41, 5.74) is 0.290. The third-order valence-corrected chi connectivity index (χ3v) is 2.01. The SMILES string of the molecule is OB(O)c1cnc2ccccc2c1F. The van der Waals surface area contributed by atoms with Gasteiger partial charge in [0.05, 0.1) is 5.52 Å². The molecule has 2 rings (SSSR count). The molecular formula is C9H7BFNO2. The van der Waals surface area contributed by atoms with E-state index in [0.717, 1.165) is 6.20 Å². The molecule has 0 spiro atoms. The lowest BCUT2D eigenvalue weighted by atomic mass is 9.80. The topological polar surface area (TPSA) is 53.4 Å². The molecule has 0 atom stereocenters. The van der Waals surface area contributed by atoms with E-state index in [4.69, 9.17) is 10.0 Å². The molecular weight excluding hydrogens is 184 g/mol. The van der Waals surface area contributed by atoms with E-state index in [-0.39, 0.29) is 10.8 Å². The van der Waals surface area contributed by atoms with Crippen molar-refractivity contribution in [3.63, 3.8) is 0 Å². The molecule has 0 unspecified atom stereocenters. The third kappa shape index (κ3) is 1.36. The van der Waals surface area contributed by atoms with Crippen LogP contribution in [0, 0.1) is 5.82 Å². The molecule has 1 aromatic carbocycles. The van der Waals surface area contributed by atoms with Crippen LogP contribution in [-0.4, -0.2) is 22.2 Å². The first-order valence-electron chi connectivity index (χ1n) is 4.09. The number of hydrogen-bond acceptors (Lipinski definition) is 3. The number of nitrogens with zero attached hydrogens (tertiary/aromatic N) is 1. The molecule has 0 saturated heterocycles. The first kappa shape index (κ1) is 9.11. The maximum Gasteiger partial charge on any atom is 0.493 e. The smallest absolute Gasteiger partial charge is 0.423 e. The molecule has 14 heavy (non-hydrogen) atoms. The lowest BCUT2D eigenvalue weighted by Gasteiger charge is -2.03. The number of pyridine rings is 1. The van der Waals surface area contributed by atoms with Crippen LogP contribution >= 0.6 is 0 Å². The molecule has 0 radical (unpaired) electrons. The minimum absolute atomic E-state index is 0.205. The number of halogens is 1. The second-order valence-corrected chi connectivity index (χ2v) is 2.92. The Morgan fingerprint density at radius 3 is 2.64 bits per heavy atom. The molecule has 2 N–H and O–H groups in total. The summed E-state index contributed by atoms with van der Waals surface area (Å²) in [7, 11) is -1.83. The van der Waals surface area contributed by atoms with Crippen molar-refractivity contribution in [2.75, 3.05) is 0 Å². The summed E-state index contributed by atoms with van der Waals surface area (Å²) < 4.78 is 13.6. The number of rotatable bonds is 1. The Hall–Kier alpha value is -1.46. The minimum atomic E-state index is -1.83. The lowest BCUT2D eigenvalue weighted by molar-refractivity contribution is 0.423. The molecule has 1 aromatic heterocycles. The zero-order valence-corrected chi connectivity index (χ0v) is 7.18. The van der Waals surface area contributed by atoms with Crippen molar-refractivity contribution in [1.29, 1.82) is 0 Å².